The highest BCUT2D eigenvalue weighted by molar-refractivity contribution is 8.14. The van der Waals surface area contributed by atoms with Gasteiger partial charge in [-0.15, -0.1) is 11.8 Å². The largest absolute Gasteiger partial charge is 0.281 e. The van der Waals surface area contributed by atoms with Crippen LogP contribution in [0, 0.1) is 23.3 Å². The van der Waals surface area contributed by atoms with E-state index in [-0.39, 0.29) is 16.3 Å². The molecule has 0 aromatic heterocycles. The van der Waals surface area contributed by atoms with E-state index in [0.717, 1.165) is 37.8 Å². The second-order valence-corrected chi connectivity index (χ2v) is 8.50. The number of carbonyl (C=O) groups excluding carboxylic acids is 1. The molecule has 0 bridgehead atoms. The van der Waals surface area contributed by atoms with Gasteiger partial charge < -0.3 is 0 Å². The van der Waals surface area contributed by atoms with E-state index < -0.39 is 22.6 Å². The zero-order chi connectivity index (χ0) is 18.7. The highest BCUT2D eigenvalue weighted by Gasteiger charge is 2.19. The molecule has 0 aliphatic heterocycles. The van der Waals surface area contributed by atoms with Crippen LogP contribution in [0.15, 0.2) is 40.1 Å². The van der Waals surface area contributed by atoms with Crippen molar-refractivity contribution in [3.63, 3.8) is 0 Å². The molecule has 2 aromatic carbocycles. The third-order valence-electron chi connectivity index (χ3n) is 4.18. The highest BCUT2D eigenvalue weighted by Crippen LogP contribution is 2.36. The Morgan fingerprint density at radius 1 is 0.885 bits per heavy atom. The van der Waals surface area contributed by atoms with Crippen molar-refractivity contribution in [1.82, 2.24) is 0 Å². The third-order valence-corrected chi connectivity index (χ3v) is 6.44. The second kappa shape index (κ2) is 8.48. The topological polar surface area (TPSA) is 17.1 Å². The number of hydrogen-bond donors (Lipinski definition) is 0. The summed E-state index contributed by atoms with van der Waals surface area (Å²) in [5.74, 6) is -4.67. The number of rotatable bonds is 4. The van der Waals surface area contributed by atoms with Crippen LogP contribution in [0.3, 0.4) is 0 Å². The van der Waals surface area contributed by atoms with Crippen molar-refractivity contribution in [2.75, 3.05) is 0 Å². The summed E-state index contributed by atoms with van der Waals surface area (Å²) in [5.41, 5.74) is 0.236. The molecule has 0 unspecified atom stereocenters. The van der Waals surface area contributed by atoms with Crippen molar-refractivity contribution in [3.8, 4) is 0 Å². The van der Waals surface area contributed by atoms with Crippen LogP contribution in [0.1, 0.15) is 42.5 Å². The fourth-order valence-electron chi connectivity index (χ4n) is 2.84. The molecular formula is C19H16F4OS2. The SMILES string of the molecule is O=C(Sc1cc(F)c(F)c(F)c1)c1ccc(F)c(SC2CCCCC2)c1. The molecule has 3 rings (SSSR count). The van der Waals surface area contributed by atoms with Gasteiger partial charge in [0.25, 0.3) is 0 Å². The molecule has 0 heterocycles. The third kappa shape index (κ3) is 4.62. The normalized spacial score (nSPS) is 15.2. The van der Waals surface area contributed by atoms with Crippen molar-refractivity contribution < 1.29 is 22.4 Å². The predicted octanol–water partition coefficient (Wildman–Crippen LogP) is 6.60. The zero-order valence-corrected chi connectivity index (χ0v) is 15.4. The van der Waals surface area contributed by atoms with Crippen LogP contribution in [0.5, 0.6) is 0 Å². The Bertz CT molecular complexity index is 796. The minimum atomic E-state index is -1.57. The quantitative estimate of drug-likeness (QED) is 0.327. The number of carbonyl (C=O) groups is 1. The lowest BCUT2D eigenvalue weighted by Gasteiger charge is -2.21. The summed E-state index contributed by atoms with van der Waals surface area (Å²) >= 11 is 2.01. The van der Waals surface area contributed by atoms with Crippen LogP contribution >= 0.6 is 23.5 Å². The van der Waals surface area contributed by atoms with Gasteiger partial charge in [-0.1, -0.05) is 19.3 Å². The number of hydrogen-bond acceptors (Lipinski definition) is 3. The summed E-state index contributed by atoms with van der Waals surface area (Å²) in [5, 5.41) is -0.155. The van der Waals surface area contributed by atoms with Gasteiger partial charge >= 0.3 is 0 Å². The molecule has 7 heteroatoms. The Balaban J connectivity index is 1.76. The Morgan fingerprint density at radius 2 is 1.54 bits per heavy atom. The summed E-state index contributed by atoms with van der Waals surface area (Å²) < 4.78 is 53.6. The van der Waals surface area contributed by atoms with Crippen molar-refractivity contribution in [3.05, 3.63) is 59.2 Å². The van der Waals surface area contributed by atoms with E-state index in [2.05, 4.69) is 0 Å². The van der Waals surface area contributed by atoms with Gasteiger partial charge in [0.2, 0.25) is 5.12 Å². The second-order valence-electron chi connectivity index (χ2n) is 6.11. The maximum absolute atomic E-state index is 14.1. The van der Waals surface area contributed by atoms with E-state index in [1.165, 1.54) is 36.4 Å². The highest BCUT2D eigenvalue weighted by atomic mass is 32.2. The Kier molecular flexibility index (Phi) is 6.29. The molecule has 0 amide bonds. The van der Waals surface area contributed by atoms with Crippen molar-refractivity contribution >= 4 is 28.6 Å². The first-order valence-corrected chi connectivity index (χ1v) is 9.96. The molecule has 0 N–H and O–H groups in total. The molecule has 1 nitrogen and oxygen atoms in total. The first kappa shape index (κ1) is 19.3. The summed E-state index contributed by atoms with van der Waals surface area (Å²) in [4.78, 5) is 12.7. The molecule has 0 saturated heterocycles. The molecule has 1 aliphatic carbocycles. The molecule has 26 heavy (non-hydrogen) atoms. The molecular weight excluding hydrogens is 384 g/mol. The number of halogens is 4. The fourth-order valence-corrected chi connectivity index (χ4v) is 4.93. The van der Waals surface area contributed by atoms with Gasteiger partial charge in [0, 0.05) is 20.6 Å². The van der Waals surface area contributed by atoms with Crippen LogP contribution in [0.4, 0.5) is 17.6 Å². The molecule has 0 radical (unpaired) electrons. The molecule has 1 aliphatic rings. The minimum Gasteiger partial charge on any atom is -0.281 e. The van der Waals surface area contributed by atoms with Gasteiger partial charge in [0.15, 0.2) is 17.5 Å². The predicted molar refractivity (Wildman–Crippen MR) is 95.6 cm³/mol. The Labute approximate surface area is 157 Å². The maximum atomic E-state index is 14.1. The van der Waals surface area contributed by atoms with Gasteiger partial charge in [-0.3, -0.25) is 4.79 Å². The first-order valence-electron chi connectivity index (χ1n) is 8.27. The van der Waals surface area contributed by atoms with Crippen LogP contribution < -0.4 is 0 Å². The molecule has 0 atom stereocenters. The van der Waals surface area contributed by atoms with Gasteiger partial charge in [-0.25, -0.2) is 17.6 Å². The Morgan fingerprint density at radius 3 is 2.19 bits per heavy atom. The van der Waals surface area contributed by atoms with Crippen LogP contribution in [0.25, 0.3) is 0 Å². The summed E-state index contributed by atoms with van der Waals surface area (Å²) in [7, 11) is 0. The lowest BCUT2D eigenvalue weighted by Crippen LogP contribution is -2.08. The van der Waals surface area contributed by atoms with Crippen LogP contribution in [0.2, 0.25) is 0 Å². The van der Waals surface area contributed by atoms with Crippen molar-refractivity contribution in [2.45, 2.75) is 47.1 Å². The van der Waals surface area contributed by atoms with E-state index in [9.17, 15) is 22.4 Å². The zero-order valence-electron chi connectivity index (χ0n) is 13.7. The van der Waals surface area contributed by atoms with E-state index in [1.807, 2.05) is 0 Å². The number of thioether (sulfide) groups is 2. The minimum absolute atomic E-state index is 0.0443. The summed E-state index contributed by atoms with van der Waals surface area (Å²) in [6.07, 6.45) is 5.47. The summed E-state index contributed by atoms with van der Waals surface area (Å²) in [6, 6.07) is 5.57. The van der Waals surface area contributed by atoms with Crippen molar-refractivity contribution in [2.24, 2.45) is 0 Å². The van der Waals surface area contributed by atoms with E-state index in [4.69, 9.17) is 0 Å². The smallest absolute Gasteiger partial charge is 0.224 e. The summed E-state index contributed by atoms with van der Waals surface area (Å²) in [6.45, 7) is 0. The lowest BCUT2D eigenvalue weighted by atomic mass is 10.0. The molecule has 2 aromatic rings. The number of benzene rings is 2. The van der Waals surface area contributed by atoms with Gasteiger partial charge in [0.05, 0.1) is 0 Å². The first-order chi connectivity index (χ1) is 12.4. The molecule has 138 valence electrons. The molecule has 0 spiro atoms. The van der Waals surface area contributed by atoms with E-state index in [1.54, 1.807) is 0 Å². The van der Waals surface area contributed by atoms with E-state index in [0.29, 0.717) is 21.9 Å². The van der Waals surface area contributed by atoms with Crippen molar-refractivity contribution in [1.29, 1.82) is 0 Å². The van der Waals surface area contributed by atoms with E-state index >= 15 is 0 Å². The fraction of sp³-hybridized carbons (Fsp3) is 0.316. The van der Waals surface area contributed by atoms with Gasteiger partial charge in [-0.05, 0) is 54.9 Å². The lowest BCUT2D eigenvalue weighted by molar-refractivity contribution is 0.108. The van der Waals surface area contributed by atoms with Crippen LogP contribution in [-0.2, 0) is 0 Å². The Hall–Kier alpha value is -1.47. The maximum Gasteiger partial charge on any atom is 0.224 e. The average Bonchev–Trinajstić information content (AvgIpc) is 2.62. The molecule has 1 saturated carbocycles. The average molecular weight is 400 g/mol. The molecule has 1 fully saturated rings. The van der Waals surface area contributed by atoms with Gasteiger partial charge in [0.1, 0.15) is 5.82 Å². The van der Waals surface area contributed by atoms with Crippen LogP contribution in [-0.4, -0.2) is 10.4 Å². The monoisotopic (exact) mass is 400 g/mol. The standard InChI is InChI=1S/C19H16F4OS2/c20-14-7-6-11(8-17(14)25-12-4-2-1-3-5-12)19(24)26-13-9-15(21)18(23)16(22)10-13/h6-10,12H,1-5H2. The van der Waals surface area contributed by atoms with Gasteiger partial charge in [-0.2, -0.15) is 0 Å².